The van der Waals surface area contributed by atoms with Crippen molar-refractivity contribution in [2.24, 2.45) is 0 Å². The number of imidazole rings is 1. The number of carbonyl (C=O) groups is 1. The summed E-state index contributed by atoms with van der Waals surface area (Å²) in [5.74, 6) is -1.77. The minimum absolute atomic E-state index is 0.224. The molecule has 5 nitrogen and oxygen atoms in total. The fourth-order valence-corrected chi connectivity index (χ4v) is 2.63. The van der Waals surface area contributed by atoms with Crippen LogP contribution in [0.2, 0.25) is 0 Å². The number of hydrogen-bond acceptors (Lipinski definition) is 3. The number of aryl methyl sites for hydroxylation is 1. The van der Waals surface area contributed by atoms with E-state index in [1.807, 2.05) is 13.8 Å². The van der Waals surface area contributed by atoms with Crippen LogP contribution in [-0.2, 0) is 6.42 Å². The van der Waals surface area contributed by atoms with Crippen LogP contribution in [0.1, 0.15) is 30.0 Å². The maximum atomic E-state index is 13.8. The Bertz CT molecular complexity index is 917. The minimum Gasteiger partial charge on any atom is -0.490 e. The summed E-state index contributed by atoms with van der Waals surface area (Å²) in [5, 5.41) is 2.31. The van der Waals surface area contributed by atoms with Gasteiger partial charge in [0.05, 0.1) is 12.3 Å². The van der Waals surface area contributed by atoms with Gasteiger partial charge in [-0.25, -0.2) is 13.8 Å². The lowest BCUT2D eigenvalue weighted by Gasteiger charge is -2.09. The van der Waals surface area contributed by atoms with E-state index in [0.29, 0.717) is 30.1 Å². The second-order valence-electron chi connectivity index (χ2n) is 5.31. The van der Waals surface area contributed by atoms with Crippen molar-refractivity contribution in [2.75, 3.05) is 11.9 Å². The zero-order chi connectivity index (χ0) is 18.0. The van der Waals surface area contributed by atoms with Gasteiger partial charge in [0.15, 0.2) is 11.4 Å². The first kappa shape index (κ1) is 16.9. The molecule has 1 N–H and O–H groups in total. The van der Waals surface area contributed by atoms with E-state index in [1.54, 1.807) is 22.7 Å². The van der Waals surface area contributed by atoms with E-state index >= 15 is 0 Å². The molecule has 0 unspecified atom stereocenters. The second kappa shape index (κ2) is 6.88. The minimum atomic E-state index is -0.838. The Morgan fingerprint density at radius 2 is 1.92 bits per heavy atom. The van der Waals surface area contributed by atoms with Crippen LogP contribution in [0.25, 0.3) is 5.65 Å². The molecule has 1 aromatic carbocycles. The van der Waals surface area contributed by atoms with Gasteiger partial charge >= 0.3 is 0 Å². The number of ether oxygens (including phenoxy) is 1. The van der Waals surface area contributed by atoms with E-state index in [2.05, 4.69) is 10.3 Å². The third-order valence-electron chi connectivity index (χ3n) is 3.74. The van der Waals surface area contributed by atoms with E-state index in [1.165, 1.54) is 6.07 Å². The molecule has 3 aromatic rings. The average Bonchev–Trinajstić information content (AvgIpc) is 2.98. The molecule has 0 saturated carbocycles. The summed E-state index contributed by atoms with van der Waals surface area (Å²) in [6.45, 7) is 4.15. The van der Waals surface area contributed by atoms with Crippen molar-refractivity contribution in [3.05, 3.63) is 59.6 Å². The molecule has 2 aromatic heterocycles. The molecule has 0 aliphatic rings. The van der Waals surface area contributed by atoms with Crippen LogP contribution >= 0.6 is 0 Å². The summed E-state index contributed by atoms with van der Waals surface area (Å²) in [7, 11) is 0. The number of fused-ring (bicyclic) bond motifs is 1. The van der Waals surface area contributed by atoms with Crippen molar-refractivity contribution in [1.82, 2.24) is 9.38 Å². The quantitative estimate of drug-likeness (QED) is 0.765. The average molecular weight is 345 g/mol. The lowest BCUT2D eigenvalue weighted by Crippen LogP contribution is -2.18. The van der Waals surface area contributed by atoms with E-state index in [4.69, 9.17) is 4.74 Å². The van der Waals surface area contributed by atoms with Crippen LogP contribution in [0.15, 0.2) is 36.5 Å². The summed E-state index contributed by atoms with van der Waals surface area (Å²) in [4.78, 5) is 17.1. The molecule has 2 heterocycles. The number of halogens is 2. The first-order valence-electron chi connectivity index (χ1n) is 7.94. The number of hydrogen-bond donors (Lipinski definition) is 1. The monoisotopic (exact) mass is 345 g/mol. The van der Waals surface area contributed by atoms with E-state index in [-0.39, 0.29) is 5.69 Å². The maximum absolute atomic E-state index is 13.8. The van der Waals surface area contributed by atoms with Gasteiger partial charge in [0, 0.05) is 6.20 Å². The van der Waals surface area contributed by atoms with Crippen LogP contribution < -0.4 is 10.1 Å². The van der Waals surface area contributed by atoms with Gasteiger partial charge in [0.25, 0.3) is 5.91 Å². The summed E-state index contributed by atoms with van der Waals surface area (Å²) < 4.78 is 34.7. The number of amides is 1. The smallest absolute Gasteiger partial charge is 0.274 e. The topological polar surface area (TPSA) is 55.6 Å². The molecule has 3 rings (SSSR count). The Labute approximate surface area is 143 Å². The number of nitrogens with one attached hydrogen (secondary N) is 1. The zero-order valence-electron chi connectivity index (χ0n) is 13.8. The highest BCUT2D eigenvalue weighted by Crippen LogP contribution is 2.25. The highest BCUT2D eigenvalue weighted by molar-refractivity contribution is 6.04. The second-order valence-corrected chi connectivity index (χ2v) is 5.31. The molecule has 0 fully saturated rings. The molecule has 1 amide bonds. The predicted octanol–water partition coefficient (Wildman–Crippen LogP) is 3.83. The molecule has 7 heteroatoms. The molecule has 0 aliphatic carbocycles. The Morgan fingerprint density at radius 1 is 1.20 bits per heavy atom. The van der Waals surface area contributed by atoms with Gasteiger partial charge in [-0.2, -0.15) is 0 Å². The van der Waals surface area contributed by atoms with Crippen molar-refractivity contribution >= 4 is 17.2 Å². The standard InChI is InChI=1S/C18H17F2N3O2/c1-3-13-16(18(24)22-15-11(19)7-5-8-12(15)20)23-10-6-9-14(25-4-2)17(23)21-13/h5-10H,3-4H2,1-2H3,(H,22,24). The fraction of sp³-hybridized carbons (Fsp3) is 0.222. The zero-order valence-corrected chi connectivity index (χ0v) is 13.8. The van der Waals surface area contributed by atoms with Crippen LogP contribution in [0, 0.1) is 11.6 Å². The van der Waals surface area contributed by atoms with E-state index in [0.717, 1.165) is 12.1 Å². The predicted molar refractivity (Wildman–Crippen MR) is 90.1 cm³/mol. The Hall–Kier alpha value is -2.96. The summed E-state index contributed by atoms with van der Waals surface area (Å²) in [5.41, 5.74) is 0.744. The SMILES string of the molecule is CCOc1cccn2c(C(=O)Nc3c(F)cccc3F)c(CC)nc12. The number of benzene rings is 1. The van der Waals surface area contributed by atoms with Gasteiger partial charge in [0.1, 0.15) is 23.0 Å². The van der Waals surface area contributed by atoms with Crippen molar-refractivity contribution in [3.8, 4) is 5.75 Å². The molecule has 0 radical (unpaired) electrons. The van der Waals surface area contributed by atoms with Gasteiger partial charge in [-0.05, 0) is 37.6 Å². The van der Waals surface area contributed by atoms with Crippen LogP contribution in [0.5, 0.6) is 5.75 Å². The largest absolute Gasteiger partial charge is 0.490 e. The molecule has 0 bridgehead atoms. The van der Waals surface area contributed by atoms with Crippen LogP contribution in [-0.4, -0.2) is 21.9 Å². The molecule has 130 valence electrons. The number of para-hydroxylation sites is 1. The first-order chi connectivity index (χ1) is 12.1. The number of nitrogens with zero attached hydrogens (tertiary/aromatic N) is 2. The number of anilines is 1. The maximum Gasteiger partial charge on any atom is 0.274 e. The highest BCUT2D eigenvalue weighted by atomic mass is 19.1. The van der Waals surface area contributed by atoms with E-state index in [9.17, 15) is 13.6 Å². The van der Waals surface area contributed by atoms with Crippen molar-refractivity contribution < 1.29 is 18.3 Å². The Balaban J connectivity index is 2.08. The van der Waals surface area contributed by atoms with E-state index < -0.39 is 23.2 Å². The summed E-state index contributed by atoms with van der Waals surface area (Å²) in [6, 6.07) is 6.88. The Kier molecular flexibility index (Phi) is 4.65. The fourth-order valence-electron chi connectivity index (χ4n) is 2.63. The van der Waals surface area contributed by atoms with Gasteiger partial charge in [0.2, 0.25) is 0 Å². The Morgan fingerprint density at radius 3 is 2.56 bits per heavy atom. The number of pyridine rings is 1. The van der Waals surface area contributed by atoms with Crippen molar-refractivity contribution in [1.29, 1.82) is 0 Å². The first-order valence-corrected chi connectivity index (χ1v) is 7.94. The molecule has 0 saturated heterocycles. The summed E-state index contributed by atoms with van der Waals surface area (Å²) >= 11 is 0. The molecular weight excluding hydrogens is 328 g/mol. The molecule has 0 spiro atoms. The number of carbonyl (C=O) groups excluding carboxylic acids is 1. The molecule has 25 heavy (non-hydrogen) atoms. The molecule has 0 atom stereocenters. The third kappa shape index (κ3) is 3.05. The van der Waals surface area contributed by atoms with Gasteiger partial charge in [-0.1, -0.05) is 13.0 Å². The van der Waals surface area contributed by atoms with Gasteiger partial charge < -0.3 is 10.1 Å². The number of aromatic nitrogens is 2. The van der Waals surface area contributed by atoms with Crippen molar-refractivity contribution in [2.45, 2.75) is 20.3 Å². The highest BCUT2D eigenvalue weighted by Gasteiger charge is 2.22. The normalized spacial score (nSPS) is 10.9. The molecule has 0 aliphatic heterocycles. The van der Waals surface area contributed by atoms with Gasteiger partial charge in [-0.3, -0.25) is 9.20 Å². The lowest BCUT2D eigenvalue weighted by atomic mass is 10.2. The van der Waals surface area contributed by atoms with Gasteiger partial charge in [-0.15, -0.1) is 0 Å². The molecular formula is C18H17F2N3O2. The number of rotatable bonds is 5. The van der Waals surface area contributed by atoms with Crippen LogP contribution in [0.3, 0.4) is 0 Å². The third-order valence-corrected chi connectivity index (χ3v) is 3.74. The van der Waals surface area contributed by atoms with Crippen molar-refractivity contribution in [3.63, 3.8) is 0 Å². The lowest BCUT2D eigenvalue weighted by molar-refractivity contribution is 0.101. The summed E-state index contributed by atoms with van der Waals surface area (Å²) in [6.07, 6.45) is 2.15. The van der Waals surface area contributed by atoms with Crippen LogP contribution in [0.4, 0.5) is 14.5 Å².